The highest BCUT2D eigenvalue weighted by atomic mass is 32.3. The SMILES string of the molecule is O=S(=O)(O[Si](OS(=O)(=O)C(F)(F)F)c1ccc([Si](OS(=O)(=O)C(F)(F)F)OS(=O)(=O)C(F)(F)F)c([Si](OS(=O)(=O)C(F)(F)F)OS(=O)(=O)C(F)(F)F)c1[Si](OS(=O)(=O)C(F)(F)F)OS(=O)(=O)C(F)(F)F)C(F)(F)F. The molecule has 0 N–H and O–H groups in total. The Hall–Kier alpha value is -2.31. The van der Waals surface area contributed by atoms with Gasteiger partial charge in [-0.1, -0.05) is 12.1 Å². The van der Waals surface area contributed by atoms with Gasteiger partial charge in [-0.3, -0.25) is 31.0 Å². The fourth-order valence-electron chi connectivity index (χ4n) is 2.94. The molecule has 0 spiro atoms. The van der Waals surface area contributed by atoms with Crippen LogP contribution in [0.3, 0.4) is 0 Å². The average molecular weight is 1380 g/mol. The first-order valence-corrected chi connectivity index (χ1v) is 31.0. The van der Waals surface area contributed by atoms with Gasteiger partial charge in [-0.25, -0.2) is 0 Å². The van der Waals surface area contributed by atoms with Gasteiger partial charge in [0.2, 0.25) is 0 Å². The molecule has 0 saturated heterocycles. The minimum Gasteiger partial charge on any atom is -0.269 e. The minimum atomic E-state index is -8.70. The highest BCUT2D eigenvalue weighted by Gasteiger charge is 2.63. The molecule has 74 heavy (non-hydrogen) atoms. The minimum absolute atomic E-state index is 1.65. The molecule has 1 aromatic rings. The van der Waals surface area contributed by atoms with Crippen LogP contribution in [0.4, 0.5) is 105 Å². The summed E-state index contributed by atoms with van der Waals surface area (Å²) in [6.45, 7) is 0. The number of rotatable bonds is 20. The fraction of sp³-hybridized carbons (Fsp3) is 0.571. The standard InChI is InChI=1S/C14H2F24O24S8Si4/c15-7(16,17)63(39,40)55-71(56-64(41,42)8(18,19)20)3-1-2-4(72(57-65(43,44)9(21,22)23)58-66(45,46)10(24,25)26)6(74(61-69(51,52)13(33,34)35)62-70(53,54)14(36,37)38)5(3)73(59-67(47,48)11(27,28)29)60-68(49,50)12(30,31)32/h1-2H. The summed E-state index contributed by atoms with van der Waals surface area (Å²) in [5, 5.41) is -16.2. The third-order valence-corrected chi connectivity index (χ3v) is 26.5. The Morgan fingerprint density at radius 2 is 0.338 bits per heavy atom. The molecule has 0 bridgehead atoms. The molecule has 0 fully saturated rings. The van der Waals surface area contributed by atoms with Crippen LogP contribution in [0.25, 0.3) is 0 Å². The molecule has 434 valence electrons. The smallest absolute Gasteiger partial charge is 0.269 e. The first kappa shape index (κ1) is 69.7. The first-order chi connectivity index (χ1) is 31.7. The van der Waals surface area contributed by atoms with Gasteiger partial charge in [-0.2, -0.15) is 173 Å². The van der Waals surface area contributed by atoms with Crippen molar-refractivity contribution < 1.29 is 204 Å². The monoisotopic (exact) mass is 1380 g/mol. The van der Waals surface area contributed by atoms with Crippen molar-refractivity contribution in [1.29, 1.82) is 0 Å². The zero-order valence-electron chi connectivity index (χ0n) is 31.3. The lowest BCUT2D eigenvalue weighted by atomic mass is 10.3. The maximum Gasteiger partial charge on any atom is 0.522 e. The van der Waals surface area contributed by atoms with E-state index in [1.165, 1.54) is 0 Å². The lowest BCUT2D eigenvalue weighted by Crippen LogP contribution is -2.71. The molecule has 0 atom stereocenters. The van der Waals surface area contributed by atoms with Gasteiger partial charge in [-0.15, -0.1) is 0 Å². The van der Waals surface area contributed by atoms with E-state index in [0.717, 1.165) is 0 Å². The van der Waals surface area contributed by atoms with E-state index in [2.05, 4.69) is 31.0 Å². The van der Waals surface area contributed by atoms with Crippen LogP contribution < -0.4 is 20.7 Å². The van der Waals surface area contributed by atoms with E-state index in [-0.39, 0.29) is 0 Å². The Labute approximate surface area is 397 Å². The molecule has 0 aromatic heterocycles. The topological polar surface area (TPSA) is 347 Å². The van der Waals surface area contributed by atoms with E-state index in [0.29, 0.717) is 0 Å². The third-order valence-electron chi connectivity index (χ3n) is 5.80. The Balaban J connectivity index is 5.92. The summed E-state index contributed by atoms with van der Waals surface area (Å²) < 4.78 is 543. The molecule has 1 rings (SSSR count). The van der Waals surface area contributed by atoms with Crippen LogP contribution in [0, 0.1) is 0 Å². The normalized spacial score (nSPS) is 15.7. The molecule has 0 saturated carbocycles. The van der Waals surface area contributed by atoms with Crippen molar-refractivity contribution in [1.82, 2.24) is 0 Å². The van der Waals surface area contributed by atoms with Crippen LogP contribution in [0.2, 0.25) is 0 Å². The molecule has 0 unspecified atom stereocenters. The van der Waals surface area contributed by atoms with Crippen molar-refractivity contribution in [3.05, 3.63) is 12.1 Å². The van der Waals surface area contributed by atoms with Gasteiger partial charge in [0, 0.05) is 20.7 Å². The van der Waals surface area contributed by atoms with Crippen LogP contribution in [0.1, 0.15) is 0 Å². The number of hydrogen-bond donors (Lipinski definition) is 0. The Morgan fingerprint density at radius 1 is 0.230 bits per heavy atom. The van der Waals surface area contributed by atoms with Crippen LogP contribution >= 0.6 is 0 Å². The number of hydrogen-bond acceptors (Lipinski definition) is 24. The molecule has 0 amide bonds. The highest BCUT2D eigenvalue weighted by molar-refractivity contribution is 7.92. The van der Waals surface area contributed by atoms with Crippen molar-refractivity contribution in [3.63, 3.8) is 0 Å². The van der Waals surface area contributed by atoms with E-state index in [1.54, 1.807) is 0 Å². The zero-order valence-corrected chi connectivity index (χ0v) is 41.8. The summed E-state index contributed by atoms with van der Waals surface area (Å²) in [5.74, 6) is 0. The molecule has 0 aliphatic heterocycles. The van der Waals surface area contributed by atoms with Crippen LogP contribution in [0.15, 0.2) is 12.1 Å². The molecule has 0 aliphatic carbocycles. The molecule has 60 heteroatoms. The predicted octanol–water partition coefficient (Wildman–Crippen LogP) is -0.603. The highest BCUT2D eigenvalue weighted by Crippen LogP contribution is 2.34. The van der Waals surface area contributed by atoms with Crippen molar-refractivity contribution in [3.8, 4) is 0 Å². The van der Waals surface area contributed by atoms with Gasteiger partial charge in [-0.05, 0) is 0 Å². The Bertz CT molecular complexity index is 2800. The molecule has 1 aromatic carbocycles. The van der Waals surface area contributed by atoms with E-state index in [1.807, 2.05) is 0 Å². The van der Waals surface area contributed by atoms with Crippen molar-refractivity contribution >= 4 is 139 Å². The summed E-state index contributed by atoms with van der Waals surface area (Å²) in [6, 6.07) is -3.29. The van der Waals surface area contributed by atoms with Crippen LogP contribution in [-0.4, -0.2) is 149 Å². The van der Waals surface area contributed by atoms with Crippen molar-refractivity contribution in [2.75, 3.05) is 0 Å². The van der Waals surface area contributed by atoms with Crippen LogP contribution in [-0.2, 0) is 112 Å². The van der Waals surface area contributed by atoms with Crippen molar-refractivity contribution in [2.45, 2.75) is 44.1 Å². The second-order valence-corrected chi connectivity index (χ2v) is 31.6. The largest absolute Gasteiger partial charge is 0.522 e. The van der Waals surface area contributed by atoms with Gasteiger partial charge in [0.05, 0.1) is 0 Å². The maximum atomic E-state index is 13.7. The second-order valence-electron chi connectivity index (χ2n) is 10.9. The van der Waals surface area contributed by atoms with Gasteiger partial charge in [0.25, 0.3) is 0 Å². The van der Waals surface area contributed by atoms with E-state index in [4.69, 9.17) is 0 Å². The van der Waals surface area contributed by atoms with Crippen molar-refractivity contribution in [2.24, 2.45) is 0 Å². The third kappa shape index (κ3) is 16.1. The lowest BCUT2D eigenvalue weighted by molar-refractivity contribution is -0.0533. The number of halogens is 24. The van der Waals surface area contributed by atoms with E-state index in [9.17, 15) is 173 Å². The average Bonchev–Trinajstić information content (AvgIpc) is 3.08. The van der Waals surface area contributed by atoms with Gasteiger partial charge < -0.3 is 0 Å². The molecular formula is C14H2F24O24S8Si4. The quantitative estimate of drug-likeness (QED) is 0.0893. The summed E-state index contributed by atoms with van der Waals surface area (Å²) >= 11 is 0. The zero-order chi connectivity index (χ0) is 59.7. The maximum absolute atomic E-state index is 13.7. The lowest BCUT2D eigenvalue weighted by Gasteiger charge is -2.28. The van der Waals surface area contributed by atoms with Crippen LogP contribution in [0.5, 0.6) is 0 Å². The summed E-state index contributed by atoms with van der Waals surface area (Å²) in [4.78, 5) is 0. The van der Waals surface area contributed by atoms with E-state index >= 15 is 0 Å². The van der Waals surface area contributed by atoms with Gasteiger partial charge in [0.15, 0.2) is 0 Å². The predicted molar refractivity (Wildman–Crippen MR) is 176 cm³/mol. The molecule has 0 aliphatic rings. The summed E-state index contributed by atoms with van der Waals surface area (Å²) in [6.07, 6.45) is 0. The molecule has 0 heterocycles. The summed E-state index contributed by atoms with van der Waals surface area (Å²) in [5.41, 5.74) is -60.9. The Kier molecular flexibility index (Phi) is 19.8. The molecule has 24 nitrogen and oxygen atoms in total. The summed E-state index contributed by atoms with van der Waals surface area (Å²) in [7, 11) is -99.2. The first-order valence-electron chi connectivity index (χ1n) is 14.5. The Morgan fingerprint density at radius 3 is 0.446 bits per heavy atom. The molecule has 4 radical (unpaired) electrons. The fourth-order valence-corrected chi connectivity index (χ4v) is 21.0. The van der Waals surface area contributed by atoms with Gasteiger partial charge >= 0.3 is 162 Å². The molecular weight excluding hydrogens is 1380 g/mol. The second kappa shape index (κ2) is 21.1. The number of alkyl halides is 24. The number of benzene rings is 1. The van der Waals surface area contributed by atoms with E-state index < -0.39 is 195 Å². The van der Waals surface area contributed by atoms with Gasteiger partial charge in [0.1, 0.15) is 0 Å².